The van der Waals surface area contributed by atoms with Crippen molar-refractivity contribution in [2.24, 2.45) is 5.92 Å². The Balaban J connectivity index is 1.66. The lowest BCUT2D eigenvalue weighted by Crippen LogP contribution is -2.00. The van der Waals surface area contributed by atoms with Crippen LogP contribution in [0.15, 0.2) is 30.3 Å². The molecule has 4 nitrogen and oxygen atoms in total. The molecule has 0 radical (unpaired) electrons. The summed E-state index contributed by atoms with van der Waals surface area (Å²) in [6.07, 6.45) is 3.36. The SMILES string of the molecule is Cc1nnc2n1-c1sc(C#CC3CC3)c(Cc3ccccc3)c1COC2. The summed E-state index contributed by atoms with van der Waals surface area (Å²) in [4.78, 5) is 1.16. The first-order valence-corrected chi connectivity index (χ1v) is 9.80. The summed E-state index contributed by atoms with van der Waals surface area (Å²) >= 11 is 1.76. The predicted octanol–water partition coefficient (Wildman–Crippen LogP) is 4.02. The first-order chi connectivity index (χ1) is 12.8. The topological polar surface area (TPSA) is 39.9 Å². The molecule has 1 aliphatic carbocycles. The van der Waals surface area contributed by atoms with Crippen LogP contribution in [0.1, 0.15) is 46.1 Å². The van der Waals surface area contributed by atoms with Gasteiger partial charge in [0, 0.05) is 11.5 Å². The van der Waals surface area contributed by atoms with Crippen molar-refractivity contribution in [3.63, 3.8) is 0 Å². The van der Waals surface area contributed by atoms with Crippen molar-refractivity contribution in [2.75, 3.05) is 0 Å². The van der Waals surface area contributed by atoms with Gasteiger partial charge in [0.15, 0.2) is 5.82 Å². The summed E-state index contributed by atoms with van der Waals surface area (Å²) in [6.45, 7) is 3.09. The van der Waals surface area contributed by atoms with Gasteiger partial charge in [0.2, 0.25) is 0 Å². The fraction of sp³-hybridized carbons (Fsp3) is 0.333. The highest BCUT2D eigenvalue weighted by Crippen LogP contribution is 2.37. The summed E-state index contributed by atoms with van der Waals surface area (Å²) in [5.41, 5.74) is 3.83. The zero-order valence-corrected chi connectivity index (χ0v) is 15.5. The number of fused-ring (bicyclic) bond motifs is 3. The monoisotopic (exact) mass is 361 g/mol. The number of aromatic nitrogens is 3. The third kappa shape index (κ3) is 2.86. The van der Waals surface area contributed by atoms with Crippen molar-refractivity contribution >= 4 is 11.3 Å². The molecule has 26 heavy (non-hydrogen) atoms. The van der Waals surface area contributed by atoms with E-state index in [9.17, 15) is 0 Å². The van der Waals surface area contributed by atoms with Gasteiger partial charge in [-0.05, 0) is 37.3 Å². The van der Waals surface area contributed by atoms with Crippen LogP contribution in [-0.2, 0) is 24.4 Å². The first kappa shape index (κ1) is 15.8. The quantitative estimate of drug-likeness (QED) is 0.647. The maximum atomic E-state index is 5.93. The lowest BCUT2D eigenvalue weighted by Gasteiger charge is -2.06. The molecule has 0 saturated heterocycles. The Morgan fingerprint density at radius 1 is 1.19 bits per heavy atom. The highest BCUT2D eigenvalue weighted by Gasteiger charge is 2.26. The molecule has 0 N–H and O–H groups in total. The van der Waals surface area contributed by atoms with Crippen LogP contribution in [0.5, 0.6) is 0 Å². The highest BCUT2D eigenvalue weighted by molar-refractivity contribution is 7.15. The molecule has 0 unspecified atom stereocenters. The van der Waals surface area contributed by atoms with E-state index < -0.39 is 0 Å². The average molecular weight is 361 g/mol. The van der Waals surface area contributed by atoms with E-state index in [2.05, 4.69) is 56.9 Å². The molecule has 0 amide bonds. The Morgan fingerprint density at radius 2 is 2.04 bits per heavy atom. The average Bonchev–Trinajstić information content (AvgIpc) is 3.38. The van der Waals surface area contributed by atoms with Crippen molar-refractivity contribution in [3.8, 4) is 16.8 Å². The molecule has 5 rings (SSSR count). The Morgan fingerprint density at radius 3 is 2.85 bits per heavy atom. The van der Waals surface area contributed by atoms with Gasteiger partial charge >= 0.3 is 0 Å². The highest BCUT2D eigenvalue weighted by atomic mass is 32.1. The number of ether oxygens (including phenoxy) is 1. The molecular weight excluding hydrogens is 342 g/mol. The zero-order chi connectivity index (χ0) is 17.5. The third-order valence-electron chi connectivity index (χ3n) is 4.86. The molecule has 0 atom stereocenters. The lowest BCUT2D eigenvalue weighted by atomic mass is 10.0. The second-order valence-corrected chi connectivity index (χ2v) is 7.89. The predicted molar refractivity (Wildman–Crippen MR) is 101 cm³/mol. The molecule has 1 aliphatic heterocycles. The fourth-order valence-electron chi connectivity index (χ4n) is 3.31. The molecule has 1 fully saturated rings. The van der Waals surface area contributed by atoms with Gasteiger partial charge in [0.05, 0.1) is 11.5 Å². The molecule has 130 valence electrons. The smallest absolute Gasteiger partial charge is 0.164 e. The van der Waals surface area contributed by atoms with Crippen LogP contribution in [0.4, 0.5) is 0 Å². The van der Waals surface area contributed by atoms with Gasteiger partial charge in [-0.3, -0.25) is 4.57 Å². The number of aryl methyl sites for hydroxylation is 1. The third-order valence-corrected chi connectivity index (χ3v) is 6.03. The minimum Gasteiger partial charge on any atom is -0.369 e. The number of thiophene rings is 1. The van der Waals surface area contributed by atoms with Gasteiger partial charge in [0.1, 0.15) is 17.4 Å². The van der Waals surface area contributed by atoms with Gasteiger partial charge in [-0.1, -0.05) is 42.2 Å². The van der Waals surface area contributed by atoms with E-state index in [1.54, 1.807) is 11.3 Å². The van der Waals surface area contributed by atoms with E-state index in [-0.39, 0.29) is 0 Å². The molecule has 3 heterocycles. The van der Waals surface area contributed by atoms with Crippen LogP contribution in [0.25, 0.3) is 5.00 Å². The number of nitrogens with zero attached hydrogens (tertiary/aromatic N) is 3. The van der Waals surface area contributed by atoms with E-state index in [1.807, 2.05) is 6.92 Å². The molecule has 0 spiro atoms. The molecule has 3 aromatic rings. The van der Waals surface area contributed by atoms with Crippen LogP contribution in [0.3, 0.4) is 0 Å². The van der Waals surface area contributed by atoms with E-state index in [1.165, 1.54) is 34.5 Å². The Hall–Kier alpha value is -2.42. The van der Waals surface area contributed by atoms with E-state index >= 15 is 0 Å². The van der Waals surface area contributed by atoms with Gasteiger partial charge in [-0.15, -0.1) is 21.5 Å². The molecular formula is C21H19N3OS. The number of hydrogen-bond acceptors (Lipinski definition) is 4. The number of rotatable bonds is 2. The van der Waals surface area contributed by atoms with E-state index in [4.69, 9.17) is 4.74 Å². The molecule has 5 heteroatoms. The minimum absolute atomic E-state index is 0.496. The minimum atomic E-state index is 0.496. The summed E-state index contributed by atoms with van der Waals surface area (Å²) < 4.78 is 8.07. The fourth-order valence-corrected chi connectivity index (χ4v) is 4.56. The summed E-state index contributed by atoms with van der Waals surface area (Å²) in [7, 11) is 0. The lowest BCUT2D eigenvalue weighted by molar-refractivity contribution is 0.104. The Kier molecular flexibility index (Phi) is 3.88. The molecule has 1 aromatic carbocycles. The van der Waals surface area contributed by atoms with E-state index in [0.717, 1.165) is 22.9 Å². The Labute approximate surface area is 156 Å². The Bertz CT molecular complexity index is 1020. The van der Waals surface area contributed by atoms with Crippen molar-refractivity contribution in [3.05, 3.63) is 63.5 Å². The second kappa shape index (κ2) is 6.39. The number of benzene rings is 1. The van der Waals surface area contributed by atoms with Gasteiger partial charge in [-0.25, -0.2) is 0 Å². The van der Waals surface area contributed by atoms with Crippen molar-refractivity contribution in [2.45, 2.75) is 39.4 Å². The zero-order valence-electron chi connectivity index (χ0n) is 14.7. The molecule has 2 aromatic heterocycles. The van der Waals surface area contributed by atoms with Crippen LogP contribution in [0.2, 0.25) is 0 Å². The molecule has 0 bridgehead atoms. The van der Waals surface area contributed by atoms with Gasteiger partial charge in [0.25, 0.3) is 0 Å². The number of hydrogen-bond donors (Lipinski definition) is 0. The molecule has 1 saturated carbocycles. The van der Waals surface area contributed by atoms with Crippen molar-refractivity contribution in [1.29, 1.82) is 0 Å². The maximum Gasteiger partial charge on any atom is 0.164 e. The normalized spacial score (nSPS) is 15.6. The summed E-state index contributed by atoms with van der Waals surface area (Å²) in [5.74, 6) is 9.27. The van der Waals surface area contributed by atoms with Crippen molar-refractivity contribution in [1.82, 2.24) is 14.8 Å². The maximum absolute atomic E-state index is 5.93. The summed E-state index contributed by atoms with van der Waals surface area (Å²) in [5, 5.41) is 9.70. The van der Waals surface area contributed by atoms with Gasteiger partial charge < -0.3 is 4.74 Å². The standard InChI is InChI=1S/C21H19N3OS/c1-14-22-23-20-13-25-12-18-17(11-16-5-3-2-4-6-16)19(10-9-15-7-8-15)26-21(18)24(14)20/h2-6,15H,7-8,11-13H2,1H3. The van der Waals surface area contributed by atoms with E-state index in [0.29, 0.717) is 19.1 Å². The van der Waals surface area contributed by atoms with Crippen molar-refractivity contribution < 1.29 is 4.74 Å². The molecule has 2 aliphatic rings. The first-order valence-electron chi connectivity index (χ1n) is 8.98. The second-order valence-electron chi connectivity index (χ2n) is 6.89. The van der Waals surface area contributed by atoms with Crippen LogP contribution in [-0.4, -0.2) is 14.8 Å². The van der Waals surface area contributed by atoms with Crippen LogP contribution in [0, 0.1) is 24.7 Å². The van der Waals surface area contributed by atoms with Crippen LogP contribution >= 0.6 is 11.3 Å². The largest absolute Gasteiger partial charge is 0.369 e. The van der Waals surface area contributed by atoms with Gasteiger partial charge in [-0.2, -0.15) is 0 Å². The summed E-state index contributed by atoms with van der Waals surface area (Å²) in [6, 6.07) is 10.6. The van der Waals surface area contributed by atoms with Crippen LogP contribution < -0.4 is 0 Å².